The number of fused-ring (bicyclic) bond motifs is 1. The maximum Gasteiger partial charge on any atom is 0.499 e. The zero-order valence-corrected chi connectivity index (χ0v) is 16.7. The summed E-state index contributed by atoms with van der Waals surface area (Å²) in [5.74, 6) is -0.329. The van der Waals surface area contributed by atoms with E-state index in [2.05, 4.69) is 4.74 Å². The van der Waals surface area contributed by atoms with Gasteiger partial charge in [-0.25, -0.2) is 0 Å². The van der Waals surface area contributed by atoms with Gasteiger partial charge < -0.3 is 14.4 Å². The van der Waals surface area contributed by atoms with Crippen molar-refractivity contribution in [1.29, 1.82) is 0 Å². The minimum Gasteiger partial charge on any atom is -0.490 e. The topological polar surface area (TPSA) is 41.6 Å². The zero-order valence-electron chi connectivity index (χ0n) is 16.7. The van der Waals surface area contributed by atoms with Crippen LogP contribution in [-0.4, -0.2) is 31.5 Å². The highest BCUT2D eigenvalue weighted by atomic mass is 19.4. The number of rotatable bonds is 5. The van der Waals surface area contributed by atoms with E-state index in [-0.39, 0.29) is 11.9 Å². The van der Waals surface area contributed by atoms with Crippen LogP contribution in [0.2, 0.25) is 0 Å². The first-order valence-corrected chi connectivity index (χ1v) is 9.97. The number of hydrogen-bond acceptors (Lipinski definition) is 3. The third kappa shape index (κ3) is 4.66. The Morgan fingerprint density at radius 2 is 1.38 bits per heavy atom. The number of alkyl halides is 5. The Morgan fingerprint density at radius 3 is 1.97 bits per heavy atom. The van der Waals surface area contributed by atoms with E-state index in [0.717, 1.165) is 22.9 Å². The van der Waals surface area contributed by atoms with E-state index in [4.69, 9.17) is 4.74 Å². The van der Waals surface area contributed by atoms with Crippen molar-refractivity contribution in [1.82, 2.24) is 0 Å². The molecule has 4 rings (SSSR count). The molecule has 0 N–H and O–H groups in total. The predicted octanol–water partition coefficient (Wildman–Crippen LogP) is 6.57. The van der Waals surface area contributed by atoms with Gasteiger partial charge in [-0.2, -0.15) is 22.0 Å². The minimum absolute atomic E-state index is 0.0469. The molecule has 0 bridgehead atoms. The van der Waals surface area contributed by atoms with E-state index >= 15 is 0 Å². The molecule has 3 aromatic carbocycles. The summed E-state index contributed by atoms with van der Waals surface area (Å²) in [6, 6.07) is 15.7. The molecule has 1 radical (unpaired) electrons. The molecule has 0 amide bonds. The second-order valence-corrected chi connectivity index (χ2v) is 7.56. The van der Waals surface area contributed by atoms with E-state index < -0.39 is 18.0 Å². The molecule has 1 aliphatic rings. The standard InChI is InChI=1S/C23H19F5NO3/c24-22(25,26)23(27,28)32-19-7-5-17(6-8-19)31-18-9-11-29(12-10-18)20-13-15-3-1-2-4-16(15)14-21(20)30/h1-8,13-14,18H,9-12H2. The summed E-state index contributed by atoms with van der Waals surface area (Å²) in [4.78, 5) is 2.00. The summed E-state index contributed by atoms with van der Waals surface area (Å²) in [5.41, 5.74) is 0.634. The monoisotopic (exact) mass is 452 g/mol. The van der Waals surface area contributed by atoms with E-state index in [0.29, 0.717) is 37.4 Å². The summed E-state index contributed by atoms with van der Waals surface area (Å²) < 4.78 is 72.3. The molecular formula is C23H19F5NO3. The van der Waals surface area contributed by atoms with Crippen molar-refractivity contribution in [2.24, 2.45) is 0 Å². The Balaban J connectivity index is 1.35. The fourth-order valence-corrected chi connectivity index (χ4v) is 3.65. The molecule has 9 heteroatoms. The average Bonchev–Trinajstić information content (AvgIpc) is 2.74. The van der Waals surface area contributed by atoms with Gasteiger partial charge >= 0.3 is 12.3 Å². The second-order valence-electron chi connectivity index (χ2n) is 7.56. The lowest BCUT2D eigenvalue weighted by Crippen LogP contribution is -2.41. The van der Waals surface area contributed by atoms with Crippen molar-refractivity contribution >= 4 is 16.5 Å². The van der Waals surface area contributed by atoms with Crippen LogP contribution in [0.5, 0.6) is 17.2 Å². The minimum atomic E-state index is -5.80. The normalized spacial score (nSPS) is 15.7. The van der Waals surface area contributed by atoms with Crippen LogP contribution in [0.1, 0.15) is 12.8 Å². The van der Waals surface area contributed by atoms with Crippen LogP contribution in [0.3, 0.4) is 0 Å². The Morgan fingerprint density at radius 1 is 0.812 bits per heavy atom. The molecule has 0 saturated carbocycles. The molecule has 1 fully saturated rings. The number of halogens is 5. The van der Waals surface area contributed by atoms with Crippen molar-refractivity contribution in [2.45, 2.75) is 31.2 Å². The Hall–Kier alpha value is -3.23. The van der Waals surface area contributed by atoms with Crippen LogP contribution >= 0.6 is 0 Å². The molecule has 3 aromatic rings. The number of benzene rings is 3. The quantitative estimate of drug-likeness (QED) is 0.412. The lowest BCUT2D eigenvalue weighted by molar-refractivity contribution is -0.360. The van der Waals surface area contributed by atoms with Crippen LogP contribution in [0, 0.1) is 0 Å². The Bertz CT molecular complexity index is 1080. The smallest absolute Gasteiger partial charge is 0.490 e. The highest BCUT2D eigenvalue weighted by molar-refractivity contribution is 5.88. The molecule has 0 aliphatic carbocycles. The fraction of sp³-hybridized carbons (Fsp3) is 0.304. The summed E-state index contributed by atoms with van der Waals surface area (Å²) in [7, 11) is 0. The highest BCUT2D eigenvalue weighted by Crippen LogP contribution is 2.38. The first-order valence-electron chi connectivity index (χ1n) is 9.97. The SMILES string of the molecule is [O]c1cc2ccccc2cc1N1CCC(Oc2ccc(OC(F)(F)C(F)(F)F)cc2)CC1. The number of ether oxygens (including phenoxy) is 2. The van der Waals surface area contributed by atoms with Gasteiger partial charge in [0.15, 0.2) is 0 Å². The fourth-order valence-electron chi connectivity index (χ4n) is 3.65. The van der Waals surface area contributed by atoms with Crippen LogP contribution < -0.4 is 14.4 Å². The van der Waals surface area contributed by atoms with Gasteiger partial charge in [0, 0.05) is 25.9 Å². The highest BCUT2D eigenvalue weighted by Gasteiger charge is 2.61. The largest absolute Gasteiger partial charge is 0.499 e. The number of hydrogen-bond donors (Lipinski definition) is 0. The van der Waals surface area contributed by atoms with Crippen molar-refractivity contribution in [2.75, 3.05) is 18.0 Å². The summed E-state index contributed by atoms with van der Waals surface area (Å²) in [5, 5.41) is 14.4. The molecule has 4 nitrogen and oxygen atoms in total. The van der Waals surface area contributed by atoms with E-state index in [1.165, 1.54) is 12.1 Å². The van der Waals surface area contributed by atoms with Crippen LogP contribution in [0.15, 0.2) is 60.7 Å². The van der Waals surface area contributed by atoms with E-state index in [9.17, 15) is 27.1 Å². The molecule has 169 valence electrons. The van der Waals surface area contributed by atoms with Gasteiger partial charge in [0.25, 0.3) is 0 Å². The van der Waals surface area contributed by atoms with Gasteiger partial charge in [-0.05, 0) is 47.2 Å². The maximum atomic E-state index is 13.0. The molecule has 0 aromatic heterocycles. The van der Waals surface area contributed by atoms with Crippen LogP contribution in [-0.2, 0) is 5.11 Å². The first kappa shape index (κ1) is 22.0. The predicted molar refractivity (Wildman–Crippen MR) is 108 cm³/mol. The van der Waals surface area contributed by atoms with Gasteiger partial charge in [0.1, 0.15) is 17.6 Å². The van der Waals surface area contributed by atoms with Gasteiger partial charge in [-0.1, -0.05) is 24.3 Å². The van der Waals surface area contributed by atoms with Crippen molar-refractivity contribution in [3.05, 3.63) is 60.7 Å². The van der Waals surface area contributed by atoms with Gasteiger partial charge in [-0.3, -0.25) is 5.11 Å². The maximum absolute atomic E-state index is 13.0. The van der Waals surface area contributed by atoms with Crippen LogP contribution in [0.4, 0.5) is 27.6 Å². The van der Waals surface area contributed by atoms with E-state index in [1.54, 1.807) is 6.07 Å². The summed E-state index contributed by atoms with van der Waals surface area (Å²) in [6.07, 6.45) is -10.0. The van der Waals surface area contributed by atoms with Crippen LogP contribution in [0.25, 0.3) is 10.8 Å². The number of anilines is 1. The third-order valence-corrected chi connectivity index (χ3v) is 5.31. The van der Waals surface area contributed by atoms with Gasteiger partial charge in [-0.15, -0.1) is 0 Å². The molecule has 1 aliphatic heterocycles. The molecule has 0 unspecified atom stereocenters. The summed E-state index contributed by atoms with van der Waals surface area (Å²) >= 11 is 0. The number of nitrogens with zero attached hydrogens (tertiary/aromatic N) is 1. The lowest BCUT2D eigenvalue weighted by atomic mass is 10.0. The third-order valence-electron chi connectivity index (χ3n) is 5.31. The molecule has 0 spiro atoms. The second kappa shape index (κ2) is 8.37. The van der Waals surface area contributed by atoms with Gasteiger partial charge in [0.2, 0.25) is 5.75 Å². The average molecular weight is 452 g/mol. The summed E-state index contributed by atoms with van der Waals surface area (Å²) in [6.45, 7) is 1.19. The van der Waals surface area contributed by atoms with Crippen molar-refractivity contribution in [3.63, 3.8) is 0 Å². The number of piperidine rings is 1. The first-order chi connectivity index (χ1) is 15.1. The Kier molecular flexibility index (Phi) is 5.75. The van der Waals surface area contributed by atoms with Gasteiger partial charge in [0.05, 0.1) is 5.69 Å². The van der Waals surface area contributed by atoms with Crippen molar-refractivity contribution in [3.8, 4) is 17.2 Å². The van der Waals surface area contributed by atoms with Crippen molar-refractivity contribution < 1.29 is 36.5 Å². The molecule has 1 heterocycles. The molecular weight excluding hydrogens is 433 g/mol. The van der Waals surface area contributed by atoms with E-state index in [1.807, 2.05) is 35.2 Å². The molecule has 32 heavy (non-hydrogen) atoms. The Labute approximate surface area is 180 Å². The zero-order chi connectivity index (χ0) is 22.9. The molecule has 0 atom stereocenters. The lowest BCUT2D eigenvalue weighted by Gasteiger charge is -2.33. The molecule has 1 saturated heterocycles.